The summed E-state index contributed by atoms with van der Waals surface area (Å²) in [5, 5.41) is 16.5. The molecule has 1 aromatic carbocycles. The number of nitrogen functional groups attached to an aromatic ring is 1. The van der Waals surface area contributed by atoms with Crippen LogP contribution < -0.4 is 16.4 Å². The van der Waals surface area contributed by atoms with Crippen LogP contribution in [0.15, 0.2) is 24.4 Å². The van der Waals surface area contributed by atoms with Gasteiger partial charge in [-0.2, -0.15) is 14.0 Å². The Morgan fingerprint density at radius 2 is 1.94 bits per heavy atom. The van der Waals surface area contributed by atoms with Crippen molar-refractivity contribution < 1.29 is 22.0 Å². The molecule has 0 bridgehead atoms. The van der Waals surface area contributed by atoms with Crippen LogP contribution in [0.1, 0.15) is 69.8 Å². The number of nitrogens with zero attached hydrogens (tertiary/aromatic N) is 5. The molecule has 6 heterocycles. The third-order valence-corrected chi connectivity index (χ3v) is 10.9. The zero-order chi connectivity index (χ0) is 35.9. The summed E-state index contributed by atoms with van der Waals surface area (Å²) in [6.45, 7) is 12.7. The molecule has 4 aromatic rings. The van der Waals surface area contributed by atoms with Gasteiger partial charge in [0.05, 0.1) is 33.1 Å². The Hall–Kier alpha value is -4.19. The number of anilines is 2. The number of hydrogen-bond donors (Lipinski definition) is 3. The molecule has 2 atom stereocenters. The van der Waals surface area contributed by atoms with Crippen molar-refractivity contribution >= 4 is 48.7 Å². The lowest BCUT2D eigenvalue weighted by molar-refractivity contribution is 0.182. The number of benzene rings is 1. The van der Waals surface area contributed by atoms with Crippen molar-refractivity contribution in [3.8, 4) is 17.3 Å². The first kappa shape index (κ1) is 35.6. The van der Waals surface area contributed by atoms with E-state index in [4.69, 9.17) is 10.7 Å². The average molecular weight is 711 g/mol. The van der Waals surface area contributed by atoms with Gasteiger partial charge in [-0.05, 0) is 56.7 Å². The van der Waals surface area contributed by atoms with Gasteiger partial charge in [0, 0.05) is 48.1 Å². The summed E-state index contributed by atoms with van der Waals surface area (Å²) >= 11 is 0.803. The minimum Gasteiger partial charge on any atom is -0.389 e. The maximum atomic E-state index is 17.0. The van der Waals surface area contributed by atoms with Crippen LogP contribution in [0.5, 0.6) is 0 Å². The molecule has 4 N–H and O–H groups in total. The van der Waals surface area contributed by atoms with Crippen LogP contribution in [-0.4, -0.2) is 58.1 Å². The van der Waals surface area contributed by atoms with E-state index in [1.807, 2.05) is 26.8 Å². The Bertz CT molecular complexity index is 2070. The molecule has 0 amide bonds. The summed E-state index contributed by atoms with van der Waals surface area (Å²) < 4.78 is 76.2. The average Bonchev–Trinajstić information content (AvgIpc) is 3.76. The predicted molar refractivity (Wildman–Crippen MR) is 188 cm³/mol. The second kappa shape index (κ2) is 14.2. The number of aromatic nitrogens is 3. The van der Waals surface area contributed by atoms with Gasteiger partial charge >= 0.3 is 0 Å². The van der Waals surface area contributed by atoms with Crippen molar-refractivity contribution in [1.82, 2.24) is 25.2 Å². The van der Waals surface area contributed by atoms with Gasteiger partial charge in [-0.1, -0.05) is 27.4 Å². The second-order valence-electron chi connectivity index (χ2n) is 13.0. The fourth-order valence-corrected chi connectivity index (χ4v) is 8.62. The van der Waals surface area contributed by atoms with Gasteiger partial charge in [0.25, 0.3) is 6.08 Å². The molecular formula is C36H39F5N8S. The maximum Gasteiger partial charge on any atom is 0.270 e. The monoisotopic (exact) mass is 710 g/mol. The summed E-state index contributed by atoms with van der Waals surface area (Å²) in [6, 6.07) is 1.94. The Kier molecular flexibility index (Phi) is 10.1. The fraction of sp³-hybridized carbons (Fsp3) is 0.444. The van der Waals surface area contributed by atoms with E-state index in [9.17, 15) is 18.4 Å². The first-order valence-corrected chi connectivity index (χ1v) is 17.7. The lowest BCUT2D eigenvalue weighted by atomic mass is 9.87. The van der Waals surface area contributed by atoms with Gasteiger partial charge in [0.1, 0.15) is 34.0 Å². The molecule has 2 saturated heterocycles. The van der Waals surface area contributed by atoms with Gasteiger partial charge in [0.2, 0.25) is 0 Å². The first-order chi connectivity index (χ1) is 24.0. The molecule has 3 aliphatic rings. The van der Waals surface area contributed by atoms with Gasteiger partial charge < -0.3 is 16.4 Å². The Balaban J connectivity index is 0.00000212. The smallest absolute Gasteiger partial charge is 0.270 e. The molecule has 0 spiro atoms. The van der Waals surface area contributed by atoms with E-state index in [1.165, 1.54) is 0 Å². The van der Waals surface area contributed by atoms with Crippen molar-refractivity contribution in [3.05, 3.63) is 58.8 Å². The van der Waals surface area contributed by atoms with Crippen LogP contribution in [0.4, 0.5) is 32.8 Å². The fourth-order valence-electron chi connectivity index (χ4n) is 7.70. The number of hydrogen-bond acceptors (Lipinski definition) is 9. The summed E-state index contributed by atoms with van der Waals surface area (Å²) in [7, 11) is 0. The molecule has 3 aromatic heterocycles. The predicted octanol–water partition coefficient (Wildman–Crippen LogP) is 8.18. The summed E-state index contributed by atoms with van der Waals surface area (Å²) in [4.78, 5) is 15.6. The molecule has 7 rings (SSSR count). The minimum atomic E-state index is -1.64. The Morgan fingerprint density at radius 3 is 2.68 bits per heavy atom. The second-order valence-corrected chi connectivity index (χ2v) is 14.1. The van der Waals surface area contributed by atoms with Crippen molar-refractivity contribution in [2.75, 3.05) is 43.8 Å². The van der Waals surface area contributed by atoms with Crippen molar-refractivity contribution in [2.45, 2.75) is 64.8 Å². The topological polar surface area (TPSA) is 116 Å². The van der Waals surface area contributed by atoms with Crippen LogP contribution in [0.2, 0.25) is 0 Å². The minimum absolute atomic E-state index is 0.000547. The van der Waals surface area contributed by atoms with Crippen LogP contribution in [-0.2, 0) is 6.42 Å². The van der Waals surface area contributed by atoms with Crippen molar-refractivity contribution in [2.24, 2.45) is 5.92 Å². The van der Waals surface area contributed by atoms with Gasteiger partial charge in [0.15, 0.2) is 11.6 Å². The molecule has 8 nitrogen and oxygen atoms in total. The third-order valence-electron chi connectivity index (χ3n) is 9.90. The number of aryl methyl sites for hydroxylation is 1. The highest BCUT2D eigenvalue weighted by Crippen LogP contribution is 2.47. The number of thiophene rings is 1. The standard InChI is InChI=1S/C34H33F5N8S.C2H6/c1-16-10-17(2)22-24-29(27(37)25(26(22)36)28-23-19(12-40)32(41)48-30(23)20(35)14-44-28)45-21(46-33(24)43-8-7-42-13-16)4-6-34-5-3-9-47(34)15-18(11-34)31(38)39;1-2/h14,16,42H,2-11,13,15,41H2,1H3,(H,43,45,46);1-2H3/t16-,34?;/m1./s1. The van der Waals surface area contributed by atoms with Crippen LogP contribution in [0.25, 0.3) is 37.8 Å². The van der Waals surface area contributed by atoms with Crippen molar-refractivity contribution in [1.29, 1.82) is 5.26 Å². The number of halogens is 5. The lowest BCUT2D eigenvalue weighted by Gasteiger charge is -2.31. The first-order valence-electron chi connectivity index (χ1n) is 16.9. The molecule has 14 heteroatoms. The molecule has 0 saturated carbocycles. The Morgan fingerprint density at radius 1 is 1.16 bits per heavy atom. The summed E-state index contributed by atoms with van der Waals surface area (Å²) in [5.41, 5.74) is 4.96. The van der Waals surface area contributed by atoms with E-state index < -0.39 is 34.6 Å². The number of fused-ring (bicyclic) bond motifs is 2. The molecule has 264 valence electrons. The van der Waals surface area contributed by atoms with Gasteiger partial charge in [-0.25, -0.2) is 23.1 Å². The van der Waals surface area contributed by atoms with E-state index in [2.05, 4.69) is 32.1 Å². The number of nitriles is 1. The van der Waals surface area contributed by atoms with E-state index in [0.717, 1.165) is 30.4 Å². The zero-order valence-electron chi connectivity index (χ0n) is 28.3. The lowest BCUT2D eigenvalue weighted by Crippen LogP contribution is -2.38. The molecule has 2 fully saturated rings. The van der Waals surface area contributed by atoms with Crippen molar-refractivity contribution in [3.63, 3.8) is 0 Å². The number of rotatable bonds is 4. The molecule has 0 radical (unpaired) electrons. The van der Waals surface area contributed by atoms with E-state index >= 15 is 8.78 Å². The normalized spacial score (nSPS) is 21.0. The maximum absolute atomic E-state index is 17.0. The van der Waals surface area contributed by atoms with Gasteiger partial charge in [-0.15, -0.1) is 11.3 Å². The molecule has 1 unspecified atom stereocenters. The molecule has 0 aliphatic carbocycles. The van der Waals surface area contributed by atoms with Crippen LogP contribution >= 0.6 is 11.3 Å². The highest BCUT2D eigenvalue weighted by atomic mass is 32.1. The molecular weight excluding hydrogens is 672 g/mol. The highest BCUT2D eigenvalue weighted by molar-refractivity contribution is 7.23. The number of allylic oxidation sites excluding steroid dienone is 1. The summed E-state index contributed by atoms with van der Waals surface area (Å²) in [5.74, 6) is -2.25. The largest absolute Gasteiger partial charge is 0.389 e. The van der Waals surface area contributed by atoms with Crippen LogP contribution in [0.3, 0.4) is 0 Å². The third kappa shape index (κ3) is 6.09. The zero-order valence-corrected chi connectivity index (χ0v) is 29.1. The van der Waals surface area contributed by atoms with E-state index in [1.54, 1.807) is 0 Å². The van der Waals surface area contributed by atoms with E-state index in [0.29, 0.717) is 44.6 Å². The molecule has 50 heavy (non-hydrogen) atoms. The van der Waals surface area contributed by atoms with E-state index in [-0.39, 0.29) is 85.3 Å². The number of nitrogens with two attached hydrogens (primary N) is 1. The summed E-state index contributed by atoms with van der Waals surface area (Å²) in [6.07, 6.45) is 2.21. The van der Waals surface area contributed by atoms with Gasteiger partial charge in [-0.3, -0.25) is 9.88 Å². The number of nitrogens with one attached hydrogen (secondary N) is 2. The Labute approximate surface area is 291 Å². The highest BCUT2D eigenvalue weighted by Gasteiger charge is 2.47. The molecule has 3 aliphatic heterocycles. The SMILES string of the molecule is C=C1C[C@@H](C)CNCCNc2nc(CCC34CCCN3CC(=C(F)F)C4)nc3c(F)c(-c4ncc(F)c5sc(N)c(C#N)c45)c(F)c1c23.CC. The van der Waals surface area contributed by atoms with Crippen LogP contribution in [0, 0.1) is 34.7 Å². The quantitative estimate of drug-likeness (QED) is 0.182. The number of pyridine rings is 1.